The first-order chi connectivity index (χ1) is 6.25. The Labute approximate surface area is 98.7 Å². The number of nitrogen functional groups attached to an aromatic ring is 1. The van der Waals surface area contributed by atoms with E-state index in [0.717, 1.165) is 11.3 Å². The zero-order valence-electron chi connectivity index (χ0n) is 7.69. The van der Waals surface area contributed by atoms with Gasteiger partial charge in [0.2, 0.25) is 0 Å². The zero-order chi connectivity index (χ0) is 9.26. The van der Waals surface area contributed by atoms with Crippen LogP contribution in [0.5, 0.6) is 0 Å². The number of halogens is 2. The summed E-state index contributed by atoms with van der Waals surface area (Å²) in [5.41, 5.74) is 7.79. The fraction of sp³-hybridized carbons (Fsp3) is 0. The van der Waals surface area contributed by atoms with Crippen molar-refractivity contribution in [3.63, 3.8) is 0 Å². The lowest BCUT2D eigenvalue weighted by molar-refractivity contribution is 1.06. The summed E-state index contributed by atoms with van der Waals surface area (Å²) in [5.74, 6) is 0. The quantitative estimate of drug-likeness (QED) is 0.673. The maximum Gasteiger partial charge on any atom is 0.264 e. The highest BCUT2D eigenvalue weighted by Gasteiger charge is 1.99. The van der Waals surface area contributed by atoms with Crippen LogP contribution >= 0.6 is 24.8 Å². The van der Waals surface area contributed by atoms with Crippen molar-refractivity contribution in [1.29, 1.82) is 0 Å². The summed E-state index contributed by atoms with van der Waals surface area (Å²) < 4.78 is 0. The molecule has 0 aliphatic heterocycles. The first-order valence-corrected chi connectivity index (χ1v) is 3.89. The Balaban J connectivity index is 0.000000980. The Morgan fingerprint density at radius 1 is 1.07 bits per heavy atom. The fourth-order valence-corrected chi connectivity index (χ4v) is 1.19. The van der Waals surface area contributed by atoms with E-state index >= 15 is 0 Å². The first-order valence-electron chi connectivity index (χ1n) is 3.89. The lowest BCUT2D eigenvalue weighted by Crippen LogP contribution is -1.93. The number of benzene rings is 1. The highest BCUT2D eigenvalue weighted by molar-refractivity contribution is 5.85. The molecule has 0 spiro atoms. The van der Waals surface area contributed by atoms with Gasteiger partial charge in [-0.15, -0.1) is 24.8 Å². The van der Waals surface area contributed by atoms with Gasteiger partial charge in [-0.1, -0.05) is 12.1 Å². The van der Waals surface area contributed by atoms with Crippen molar-refractivity contribution in [2.24, 2.45) is 0 Å². The summed E-state index contributed by atoms with van der Waals surface area (Å²) in [6.45, 7) is 0. The number of rotatable bonds is 1. The van der Waals surface area contributed by atoms with Crippen molar-refractivity contribution < 1.29 is 0 Å². The topological polar surface area (TPSA) is 74.7 Å². The molecule has 0 saturated carbocycles. The van der Waals surface area contributed by atoms with Gasteiger partial charge in [-0.2, -0.15) is 0 Å². The van der Waals surface area contributed by atoms with Gasteiger partial charge in [0.1, 0.15) is 0 Å². The standard InChI is InChI=1S/C9H9N3O.2ClH/c10-7-3-1-2-6(4-7)8-5-9(13)12-11-8;;/h1-5H,10H2,(H2,11,12,13);2*1H. The average Bonchev–Trinajstić information content (AvgIpc) is 2.52. The van der Waals surface area contributed by atoms with Crippen LogP contribution in [0.2, 0.25) is 0 Å². The molecule has 1 heterocycles. The molecule has 0 fully saturated rings. The third-order valence-corrected chi connectivity index (χ3v) is 1.79. The van der Waals surface area contributed by atoms with Crippen molar-refractivity contribution >= 4 is 30.5 Å². The van der Waals surface area contributed by atoms with Crippen LogP contribution in [0.15, 0.2) is 35.1 Å². The minimum absolute atomic E-state index is 0. The number of nitrogens with one attached hydrogen (secondary N) is 2. The Kier molecular flexibility index (Phi) is 4.97. The molecular formula is C9H11Cl2N3O. The van der Waals surface area contributed by atoms with Crippen LogP contribution in [0.1, 0.15) is 0 Å². The smallest absolute Gasteiger partial charge is 0.264 e. The van der Waals surface area contributed by atoms with Crippen molar-refractivity contribution in [1.82, 2.24) is 10.2 Å². The molecule has 6 heteroatoms. The Bertz CT molecular complexity index is 478. The van der Waals surface area contributed by atoms with Gasteiger partial charge in [0, 0.05) is 17.3 Å². The van der Waals surface area contributed by atoms with Crippen molar-refractivity contribution in [3.8, 4) is 11.3 Å². The van der Waals surface area contributed by atoms with Crippen LogP contribution in [-0.4, -0.2) is 10.2 Å². The second-order valence-corrected chi connectivity index (χ2v) is 2.80. The maximum atomic E-state index is 10.8. The van der Waals surface area contributed by atoms with Crippen molar-refractivity contribution in [2.45, 2.75) is 0 Å². The first kappa shape index (κ1) is 13.6. The third kappa shape index (κ3) is 3.04. The highest BCUT2D eigenvalue weighted by atomic mass is 35.5. The Hall–Kier alpha value is -1.39. The molecule has 0 aliphatic rings. The van der Waals surface area contributed by atoms with Gasteiger partial charge < -0.3 is 5.73 Å². The van der Waals surface area contributed by atoms with Gasteiger partial charge in [-0.05, 0) is 12.1 Å². The SMILES string of the molecule is Cl.Cl.Nc1cccc(-c2cc(=O)[nH][nH]2)c1. The molecule has 0 bridgehead atoms. The highest BCUT2D eigenvalue weighted by Crippen LogP contribution is 2.16. The molecule has 2 rings (SSSR count). The number of H-pyrrole nitrogens is 2. The van der Waals surface area contributed by atoms with E-state index in [0.29, 0.717) is 5.69 Å². The number of aromatic amines is 2. The summed E-state index contributed by atoms with van der Waals surface area (Å²) in [7, 11) is 0. The second kappa shape index (κ2) is 5.48. The van der Waals surface area contributed by atoms with Gasteiger partial charge in [0.25, 0.3) is 5.56 Å². The van der Waals surface area contributed by atoms with Crippen LogP contribution in [-0.2, 0) is 0 Å². The van der Waals surface area contributed by atoms with Gasteiger partial charge in [-0.3, -0.25) is 15.0 Å². The summed E-state index contributed by atoms with van der Waals surface area (Å²) in [6, 6.07) is 8.83. The predicted molar refractivity (Wildman–Crippen MR) is 65.8 cm³/mol. The van der Waals surface area contributed by atoms with Crippen LogP contribution in [0.25, 0.3) is 11.3 Å². The monoisotopic (exact) mass is 247 g/mol. The fourth-order valence-electron chi connectivity index (χ4n) is 1.19. The number of hydrogen-bond donors (Lipinski definition) is 3. The van der Waals surface area contributed by atoms with E-state index in [9.17, 15) is 4.79 Å². The zero-order valence-corrected chi connectivity index (χ0v) is 9.32. The summed E-state index contributed by atoms with van der Waals surface area (Å²) in [4.78, 5) is 10.8. The molecular weight excluding hydrogens is 237 g/mol. The molecule has 2 aromatic rings. The van der Waals surface area contributed by atoms with Crippen molar-refractivity contribution in [3.05, 3.63) is 40.7 Å². The van der Waals surface area contributed by atoms with E-state index < -0.39 is 0 Å². The van der Waals surface area contributed by atoms with Crippen LogP contribution < -0.4 is 11.3 Å². The van der Waals surface area contributed by atoms with E-state index in [4.69, 9.17) is 5.73 Å². The molecule has 82 valence electrons. The normalized spacial score (nSPS) is 8.80. The lowest BCUT2D eigenvalue weighted by Gasteiger charge is -1.97. The van der Waals surface area contributed by atoms with Gasteiger partial charge in [0.05, 0.1) is 5.69 Å². The van der Waals surface area contributed by atoms with Gasteiger partial charge in [-0.25, -0.2) is 0 Å². The predicted octanol–water partition coefficient (Wildman–Crippen LogP) is 1.80. The summed E-state index contributed by atoms with van der Waals surface area (Å²) in [6.07, 6.45) is 0. The third-order valence-electron chi connectivity index (χ3n) is 1.79. The Morgan fingerprint density at radius 3 is 2.33 bits per heavy atom. The van der Waals surface area contributed by atoms with E-state index in [-0.39, 0.29) is 30.4 Å². The van der Waals surface area contributed by atoms with Gasteiger partial charge >= 0.3 is 0 Å². The summed E-state index contributed by atoms with van der Waals surface area (Å²) in [5, 5.41) is 5.22. The van der Waals surface area contributed by atoms with E-state index in [2.05, 4.69) is 10.2 Å². The number of nitrogens with two attached hydrogens (primary N) is 1. The van der Waals surface area contributed by atoms with Crippen LogP contribution in [0, 0.1) is 0 Å². The average molecular weight is 248 g/mol. The molecule has 15 heavy (non-hydrogen) atoms. The minimum atomic E-state index is -0.141. The molecule has 4 nitrogen and oxygen atoms in total. The maximum absolute atomic E-state index is 10.8. The van der Waals surface area contributed by atoms with E-state index in [1.54, 1.807) is 12.1 Å². The summed E-state index contributed by atoms with van der Waals surface area (Å²) >= 11 is 0. The molecule has 0 aliphatic carbocycles. The number of anilines is 1. The largest absolute Gasteiger partial charge is 0.399 e. The number of aromatic nitrogens is 2. The molecule has 0 amide bonds. The van der Waals surface area contributed by atoms with Crippen LogP contribution in [0.4, 0.5) is 5.69 Å². The van der Waals surface area contributed by atoms with Crippen molar-refractivity contribution in [2.75, 3.05) is 5.73 Å². The lowest BCUT2D eigenvalue weighted by atomic mass is 10.1. The number of hydrogen-bond acceptors (Lipinski definition) is 2. The Morgan fingerprint density at radius 2 is 1.80 bits per heavy atom. The molecule has 0 atom stereocenters. The molecule has 1 aromatic heterocycles. The molecule has 0 radical (unpaired) electrons. The second-order valence-electron chi connectivity index (χ2n) is 2.80. The van der Waals surface area contributed by atoms with E-state index in [1.165, 1.54) is 6.07 Å². The van der Waals surface area contributed by atoms with E-state index in [1.807, 2.05) is 12.1 Å². The molecule has 1 aromatic carbocycles. The molecule has 0 unspecified atom stereocenters. The van der Waals surface area contributed by atoms with Crippen LogP contribution in [0.3, 0.4) is 0 Å². The minimum Gasteiger partial charge on any atom is -0.399 e. The molecule has 4 N–H and O–H groups in total. The van der Waals surface area contributed by atoms with Gasteiger partial charge in [0.15, 0.2) is 0 Å². The molecule has 0 saturated heterocycles.